The summed E-state index contributed by atoms with van der Waals surface area (Å²) in [6, 6.07) is 4.34. The van der Waals surface area contributed by atoms with Crippen molar-refractivity contribution in [3.05, 3.63) is 28.8 Å². The molecule has 0 saturated heterocycles. The van der Waals surface area contributed by atoms with Crippen LogP contribution >= 0.6 is 0 Å². The second-order valence-corrected chi connectivity index (χ2v) is 7.13. The Bertz CT molecular complexity index is 465. The molecule has 0 atom stereocenters. The lowest BCUT2D eigenvalue weighted by Crippen LogP contribution is -2.32. The SMILES string of the molecule is Cc1cc(C2(CN)CCCC2)cc(C(C)(C)C)c1O. The number of rotatable bonds is 2. The predicted octanol–water partition coefficient (Wildman–Crippen LogP) is 3.77. The third-order valence-corrected chi connectivity index (χ3v) is 4.67. The van der Waals surface area contributed by atoms with Crippen molar-refractivity contribution in [2.75, 3.05) is 6.54 Å². The molecule has 2 rings (SSSR count). The molecule has 1 fully saturated rings. The third-order valence-electron chi connectivity index (χ3n) is 4.67. The van der Waals surface area contributed by atoms with Crippen LogP contribution in [-0.2, 0) is 10.8 Å². The average Bonchev–Trinajstić information content (AvgIpc) is 2.80. The van der Waals surface area contributed by atoms with E-state index in [0.717, 1.165) is 11.1 Å². The maximum absolute atomic E-state index is 10.3. The largest absolute Gasteiger partial charge is 0.507 e. The van der Waals surface area contributed by atoms with E-state index < -0.39 is 0 Å². The predicted molar refractivity (Wildman–Crippen MR) is 80.7 cm³/mol. The van der Waals surface area contributed by atoms with E-state index in [0.29, 0.717) is 12.3 Å². The summed E-state index contributed by atoms with van der Waals surface area (Å²) >= 11 is 0. The summed E-state index contributed by atoms with van der Waals surface area (Å²) in [5.74, 6) is 0.446. The highest BCUT2D eigenvalue weighted by atomic mass is 16.3. The van der Waals surface area contributed by atoms with Gasteiger partial charge in [0.15, 0.2) is 0 Å². The summed E-state index contributed by atoms with van der Waals surface area (Å²) in [6.45, 7) is 9.15. The van der Waals surface area contributed by atoms with Crippen molar-refractivity contribution in [3.63, 3.8) is 0 Å². The molecule has 1 aromatic carbocycles. The van der Waals surface area contributed by atoms with E-state index in [-0.39, 0.29) is 10.8 Å². The molecule has 1 aliphatic carbocycles. The van der Waals surface area contributed by atoms with E-state index in [1.807, 2.05) is 6.92 Å². The minimum absolute atomic E-state index is 0.0424. The Balaban J connectivity index is 2.56. The van der Waals surface area contributed by atoms with Gasteiger partial charge in [0, 0.05) is 12.0 Å². The van der Waals surface area contributed by atoms with E-state index in [1.54, 1.807) is 0 Å². The van der Waals surface area contributed by atoms with Gasteiger partial charge in [0.1, 0.15) is 5.75 Å². The Morgan fingerprint density at radius 2 is 1.79 bits per heavy atom. The first-order chi connectivity index (χ1) is 8.80. The van der Waals surface area contributed by atoms with Crippen LogP contribution in [0.4, 0.5) is 0 Å². The van der Waals surface area contributed by atoms with Crippen LogP contribution in [0.3, 0.4) is 0 Å². The fraction of sp³-hybridized carbons (Fsp3) is 0.647. The Hall–Kier alpha value is -1.02. The van der Waals surface area contributed by atoms with E-state index in [1.165, 1.54) is 31.2 Å². The number of aromatic hydroxyl groups is 1. The molecule has 0 unspecified atom stereocenters. The van der Waals surface area contributed by atoms with Gasteiger partial charge < -0.3 is 10.8 Å². The number of hydrogen-bond donors (Lipinski definition) is 2. The Morgan fingerprint density at radius 1 is 1.21 bits per heavy atom. The molecular formula is C17H27NO. The van der Waals surface area contributed by atoms with Gasteiger partial charge in [0.05, 0.1) is 0 Å². The zero-order valence-electron chi connectivity index (χ0n) is 12.7. The Morgan fingerprint density at radius 3 is 2.26 bits per heavy atom. The van der Waals surface area contributed by atoms with Gasteiger partial charge in [-0.1, -0.05) is 45.7 Å². The second-order valence-electron chi connectivity index (χ2n) is 7.13. The summed E-state index contributed by atoms with van der Waals surface area (Å²) in [5, 5.41) is 10.3. The highest BCUT2D eigenvalue weighted by Gasteiger charge is 2.35. The standard InChI is InChI=1S/C17H27NO/c1-12-9-13(17(11-18)7-5-6-8-17)10-14(15(12)19)16(2,3)4/h9-10,19H,5-8,11,18H2,1-4H3. The summed E-state index contributed by atoms with van der Waals surface area (Å²) in [4.78, 5) is 0. The van der Waals surface area contributed by atoms with Crippen LogP contribution in [0.1, 0.15) is 63.1 Å². The van der Waals surface area contributed by atoms with E-state index in [9.17, 15) is 5.11 Å². The summed E-state index contributed by atoms with van der Waals surface area (Å²) < 4.78 is 0. The van der Waals surface area contributed by atoms with Gasteiger partial charge in [0.25, 0.3) is 0 Å². The lowest BCUT2D eigenvalue weighted by Gasteiger charge is -2.31. The normalized spacial score (nSPS) is 18.8. The summed E-state index contributed by atoms with van der Waals surface area (Å²) in [7, 11) is 0. The number of phenolic OH excluding ortho intramolecular Hbond substituents is 1. The second kappa shape index (κ2) is 4.82. The molecule has 1 aliphatic rings. The minimum Gasteiger partial charge on any atom is -0.507 e. The lowest BCUT2D eigenvalue weighted by molar-refractivity contribution is 0.430. The van der Waals surface area contributed by atoms with Crippen LogP contribution in [-0.4, -0.2) is 11.7 Å². The van der Waals surface area contributed by atoms with Crippen LogP contribution in [0.15, 0.2) is 12.1 Å². The molecule has 0 aliphatic heterocycles. The van der Waals surface area contributed by atoms with E-state index in [4.69, 9.17) is 5.73 Å². The van der Waals surface area contributed by atoms with Crippen molar-refractivity contribution in [1.29, 1.82) is 0 Å². The van der Waals surface area contributed by atoms with Gasteiger partial charge in [-0.2, -0.15) is 0 Å². The van der Waals surface area contributed by atoms with Crippen molar-refractivity contribution < 1.29 is 5.11 Å². The van der Waals surface area contributed by atoms with Gasteiger partial charge >= 0.3 is 0 Å². The number of nitrogens with two attached hydrogens (primary N) is 1. The van der Waals surface area contributed by atoms with Crippen molar-refractivity contribution in [2.45, 2.75) is 64.2 Å². The number of phenols is 1. The maximum atomic E-state index is 10.3. The number of benzene rings is 1. The fourth-order valence-corrected chi connectivity index (χ4v) is 3.32. The quantitative estimate of drug-likeness (QED) is 0.851. The van der Waals surface area contributed by atoms with Crippen molar-refractivity contribution in [1.82, 2.24) is 0 Å². The van der Waals surface area contributed by atoms with Crippen LogP contribution in [0.25, 0.3) is 0 Å². The van der Waals surface area contributed by atoms with Crippen molar-refractivity contribution >= 4 is 0 Å². The van der Waals surface area contributed by atoms with Gasteiger partial charge in [-0.05, 0) is 41.9 Å². The monoisotopic (exact) mass is 261 g/mol. The van der Waals surface area contributed by atoms with Crippen LogP contribution in [0.5, 0.6) is 5.75 Å². The van der Waals surface area contributed by atoms with Gasteiger partial charge in [-0.3, -0.25) is 0 Å². The highest BCUT2D eigenvalue weighted by molar-refractivity contribution is 5.48. The molecule has 0 bridgehead atoms. The van der Waals surface area contributed by atoms with Crippen LogP contribution < -0.4 is 5.73 Å². The summed E-state index contributed by atoms with van der Waals surface area (Å²) in [5.41, 5.74) is 9.53. The first kappa shape index (κ1) is 14.4. The number of hydrogen-bond acceptors (Lipinski definition) is 2. The first-order valence-electron chi connectivity index (χ1n) is 7.35. The average molecular weight is 261 g/mol. The Kier molecular flexibility index (Phi) is 3.65. The van der Waals surface area contributed by atoms with E-state index in [2.05, 4.69) is 32.9 Å². The Labute approximate surface area is 117 Å². The number of aryl methyl sites for hydroxylation is 1. The lowest BCUT2D eigenvalue weighted by atomic mass is 9.75. The van der Waals surface area contributed by atoms with Gasteiger partial charge in [-0.15, -0.1) is 0 Å². The molecule has 0 amide bonds. The summed E-state index contributed by atoms with van der Waals surface area (Å²) in [6.07, 6.45) is 4.89. The molecule has 0 heterocycles. The molecule has 2 nitrogen and oxygen atoms in total. The molecule has 0 aromatic heterocycles. The molecule has 2 heteroatoms. The zero-order chi connectivity index (χ0) is 14.3. The first-order valence-corrected chi connectivity index (χ1v) is 7.35. The molecular weight excluding hydrogens is 234 g/mol. The van der Waals surface area contributed by atoms with Crippen LogP contribution in [0, 0.1) is 6.92 Å². The molecule has 106 valence electrons. The highest BCUT2D eigenvalue weighted by Crippen LogP contribution is 2.44. The topological polar surface area (TPSA) is 46.2 Å². The third kappa shape index (κ3) is 2.51. The van der Waals surface area contributed by atoms with Gasteiger partial charge in [-0.25, -0.2) is 0 Å². The maximum Gasteiger partial charge on any atom is 0.122 e. The molecule has 1 aromatic rings. The molecule has 0 spiro atoms. The van der Waals surface area contributed by atoms with Crippen molar-refractivity contribution in [2.24, 2.45) is 5.73 Å². The zero-order valence-corrected chi connectivity index (χ0v) is 12.7. The smallest absolute Gasteiger partial charge is 0.122 e. The molecule has 0 radical (unpaired) electrons. The fourth-order valence-electron chi connectivity index (χ4n) is 3.32. The molecule has 1 saturated carbocycles. The molecule has 19 heavy (non-hydrogen) atoms. The van der Waals surface area contributed by atoms with E-state index >= 15 is 0 Å². The molecule has 3 N–H and O–H groups in total. The van der Waals surface area contributed by atoms with Gasteiger partial charge in [0.2, 0.25) is 0 Å². The minimum atomic E-state index is -0.0424. The van der Waals surface area contributed by atoms with Crippen LogP contribution in [0.2, 0.25) is 0 Å². The van der Waals surface area contributed by atoms with Crippen molar-refractivity contribution in [3.8, 4) is 5.75 Å².